The van der Waals surface area contributed by atoms with E-state index in [0.717, 1.165) is 10.6 Å². The molecule has 1 saturated heterocycles. The number of aromatic nitrogens is 1. The second kappa shape index (κ2) is 6.80. The van der Waals surface area contributed by atoms with Crippen molar-refractivity contribution in [3.63, 3.8) is 0 Å². The molecule has 9 heteroatoms. The number of likely N-dealkylation sites (N-methyl/N-ethyl adjacent to an activating group) is 1. The molecule has 0 radical (unpaired) electrons. The molecule has 7 nitrogen and oxygen atoms in total. The Bertz CT molecular complexity index is 652. The molecule has 1 aliphatic heterocycles. The number of pyridine rings is 1. The second-order valence-electron chi connectivity index (χ2n) is 5.19. The van der Waals surface area contributed by atoms with Gasteiger partial charge in [-0.2, -0.15) is 4.31 Å². The maximum atomic E-state index is 12.1. The zero-order valence-electron chi connectivity index (χ0n) is 12.4. The molecule has 1 aliphatic rings. The van der Waals surface area contributed by atoms with Crippen LogP contribution in [0.5, 0.6) is 5.75 Å². The van der Waals surface area contributed by atoms with Gasteiger partial charge >= 0.3 is 0 Å². The summed E-state index contributed by atoms with van der Waals surface area (Å²) in [5.41, 5.74) is 0. The number of ether oxygens (including phenoxy) is 1. The molecule has 0 N–H and O–H groups in total. The number of sulfonamides is 1. The normalized spacial score (nSPS) is 18.7. The number of likely N-dealkylation sites (tertiary alicyclic amines) is 1. The highest BCUT2D eigenvalue weighted by atomic mass is 35.5. The summed E-state index contributed by atoms with van der Waals surface area (Å²) in [6.07, 6.45) is 4.66. The molecule has 1 aromatic heterocycles. The fourth-order valence-corrected chi connectivity index (χ4v) is 2.61. The molecule has 1 amide bonds. The first kappa shape index (κ1) is 17.0. The predicted molar refractivity (Wildman–Crippen MR) is 82.3 cm³/mol. The molecule has 122 valence electrons. The van der Waals surface area contributed by atoms with Crippen molar-refractivity contribution in [2.75, 3.05) is 32.9 Å². The number of rotatable bonds is 5. The predicted octanol–water partition coefficient (Wildman–Crippen LogP) is 0.606. The van der Waals surface area contributed by atoms with Gasteiger partial charge in [0, 0.05) is 38.5 Å². The molecule has 2 heterocycles. The van der Waals surface area contributed by atoms with E-state index >= 15 is 0 Å². The summed E-state index contributed by atoms with van der Waals surface area (Å²) in [6, 6.07) is 1.67. The van der Waals surface area contributed by atoms with Crippen molar-refractivity contribution in [3.8, 4) is 5.75 Å². The molecule has 0 saturated carbocycles. The van der Waals surface area contributed by atoms with Crippen LogP contribution < -0.4 is 4.74 Å². The van der Waals surface area contributed by atoms with Crippen LogP contribution in [0.2, 0.25) is 5.02 Å². The van der Waals surface area contributed by atoms with Gasteiger partial charge in [0.25, 0.3) is 0 Å². The van der Waals surface area contributed by atoms with Gasteiger partial charge in [-0.15, -0.1) is 0 Å². The second-order valence-corrected chi connectivity index (χ2v) is 7.69. The lowest BCUT2D eigenvalue weighted by molar-refractivity contribution is -0.130. The molecule has 22 heavy (non-hydrogen) atoms. The van der Waals surface area contributed by atoms with Gasteiger partial charge in [0.2, 0.25) is 15.9 Å². The van der Waals surface area contributed by atoms with E-state index < -0.39 is 10.0 Å². The fraction of sp³-hybridized carbons (Fsp3) is 0.538. The lowest BCUT2D eigenvalue weighted by Crippen LogP contribution is -2.40. The van der Waals surface area contributed by atoms with Crippen LogP contribution in [-0.2, 0) is 14.8 Å². The Kier molecular flexibility index (Phi) is 5.25. The van der Waals surface area contributed by atoms with Crippen LogP contribution in [-0.4, -0.2) is 67.6 Å². The SMILES string of the molecule is CN(CC(=O)N1CC[C@H](Oc2ccncc2Cl)C1)S(C)(=O)=O. The van der Waals surface area contributed by atoms with Crippen molar-refractivity contribution in [1.29, 1.82) is 0 Å². The number of nitrogens with zero attached hydrogens (tertiary/aromatic N) is 3. The summed E-state index contributed by atoms with van der Waals surface area (Å²) in [7, 11) is -1.98. The van der Waals surface area contributed by atoms with Crippen molar-refractivity contribution in [3.05, 3.63) is 23.5 Å². The first-order valence-corrected chi connectivity index (χ1v) is 8.95. The van der Waals surface area contributed by atoms with Crippen molar-refractivity contribution in [2.24, 2.45) is 0 Å². The average Bonchev–Trinajstić information content (AvgIpc) is 2.89. The van der Waals surface area contributed by atoms with Crippen molar-refractivity contribution < 1.29 is 17.9 Å². The maximum Gasteiger partial charge on any atom is 0.238 e. The quantitative estimate of drug-likeness (QED) is 0.779. The van der Waals surface area contributed by atoms with Crippen LogP contribution in [0.3, 0.4) is 0 Å². The first-order valence-electron chi connectivity index (χ1n) is 6.72. The van der Waals surface area contributed by atoms with E-state index in [4.69, 9.17) is 16.3 Å². The fourth-order valence-electron chi connectivity index (χ4n) is 2.10. The Labute approximate surface area is 134 Å². The summed E-state index contributed by atoms with van der Waals surface area (Å²) in [5, 5.41) is 0.420. The third kappa shape index (κ3) is 4.31. The third-order valence-corrected chi connectivity index (χ3v) is 5.00. The van der Waals surface area contributed by atoms with Crippen LogP contribution in [0, 0.1) is 0 Å². The minimum atomic E-state index is -3.36. The van der Waals surface area contributed by atoms with E-state index in [1.54, 1.807) is 17.2 Å². The summed E-state index contributed by atoms with van der Waals surface area (Å²) in [6.45, 7) is 0.778. The van der Waals surface area contributed by atoms with E-state index in [1.807, 2.05) is 0 Å². The van der Waals surface area contributed by atoms with Gasteiger partial charge in [0.1, 0.15) is 16.9 Å². The van der Waals surface area contributed by atoms with Crippen molar-refractivity contribution in [1.82, 2.24) is 14.2 Å². The molecule has 1 atom stereocenters. The van der Waals surface area contributed by atoms with Gasteiger partial charge in [-0.05, 0) is 0 Å². The standard InChI is InChI=1S/C13H18ClN3O4S/c1-16(22(2,19)20)9-13(18)17-6-4-10(8-17)21-12-3-5-15-7-11(12)14/h3,5,7,10H,4,6,8-9H2,1-2H3/t10-/m0/s1. The molecular weight excluding hydrogens is 330 g/mol. The van der Waals surface area contributed by atoms with Crippen LogP contribution >= 0.6 is 11.6 Å². The molecule has 0 unspecified atom stereocenters. The smallest absolute Gasteiger partial charge is 0.238 e. The van der Waals surface area contributed by atoms with Crippen LogP contribution in [0.25, 0.3) is 0 Å². The zero-order valence-corrected chi connectivity index (χ0v) is 14.0. The number of hydrogen-bond donors (Lipinski definition) is 0. The highest BCUT2D eigenvalue weighted by molar-refractivity contribution is 7.88. The summed E-state index contributed by atoms with van der Waals surface area (Å²) < 4.78 is 29.5. The lowest BCUT2D eigenvalue weighted by Gasteiger charge is -2.20. The molecule has 0 bridgehead atoms. The number of carbonyl (C=O) groups excluding carboxylic acids is 1. The van der Waals surface area contributed by atoms with Gasteiger partial charge in [-0.25, -0.2) is 8.42 Å². The zero-order chi connectivity index (χ0) is 16.3. The lowest BCUT2D eigenvalue weighted by atomic mass is 10.3. The Morgan fingerprint density at radius 2 is 2.32 bits per heavy atom. The molecule has 2 rings (SSSR count). The highest BCUT2D eigenvalue weighted by Gasteiger charge is 2.29. The van der Waals surface area contributed by atoms with Crippen LogP contribution in [0.1, 0.15) is 6.42 Å². The number of hydrogen-bond acceptors (Lipinski definition) is 5. The third-order valence-electron chi connectivity index (χ3n) is 3.45. The molecule has 0 spiro atoms. The minimum Gasteiger partial charge on any atom is -0.487 e. The van der Waals surface area contributed by atoms with Crippen LogP contribution in [0.15, 0.2) is 18.5 Å². The number of carbonyl (C=O) groups is 1. The Hall–Kier alpha value is -1.38. The Balaban J connectivity index is 1.90. The van der Waals surface area contributed by atoms with Gasteiger partial charge in [-0.3, -0.25) is 9.78 Å². The first-order chi connectivity index (χ1) is 10.3. The van der Waals surface area contributed by atoms with Gasteiger partial charge < -0.3 is 9.64 Å². The minimum absolute atomic E-state index is 0.160. The van der Waals surface area contributed by atoms with Gasteiger partial charge in [-0.1, -0.05) is 11.6 Å². The number of amides is 1. The van der Waals surface area contributed by atoms with Crippen LogP contribution in [0.4, 0.5) is 0 Å². The van der Waals surface area contributed by atoms with E-state index in [-0.39, 0.29) is 18.6 Å². The van der Waals surface area contributed by atoms with Crippen molar-refractivity contribution >= 4 is 27.5 Å². The van der Waals surface area contributed by atoms with E-state index in [2.05, 4.69) is 4.98 Å². The number of halogens is 1. The Morgan fingerprint density at radius 1 is 1.59 bits per heavy atom. The summed E-state index contributed by atoms with van der Waals surface area (Å²) in [5.74, 6) is 0.295. The van der Waals surface area contributed by atoms with E-state index in [0.29, 0.717) is 30.3 Å². The van der Waals surface area contributed by atoms with E-state index in [1.165, 1.54) is 13.2 Å². The Morgan fingerprint density at radius 3 is 2.95 bits per heavy atom. The maximum absolute atomic E-state index is 12.1. The summed E-state index contributed by atoms with van der Waals surface area (Å²) >= 11 is 5.98. The topological polar surface area (TPSA) is 79.8 Å². The molecule has 0 aliphatic carbocycles. The molecule has 0 aromatic carbocycles. The van der Waals surface area contributed by atoms with E-state index in [9.17, 15) is 13.2 Å². The highest BCUT2D eigenvalue weighted by Crippen LogP contribution is 2.25. The molecule has 1 aromatic rings. The summed E-state index contributed by atoms with van der Waals surface area (Å²) in [4.78, 5) is 17.6. The monoisotopic (exact) mass is 347 g/mol. The van der Waals surface area contributed by atoms with Gasteiger partial charge in [0.05, 0.1) is 19.3 Å². The molecular formula is C13H18ClN3O4S. The average molecular weight is 348 g/mol. The van der Waals surface area contributed by atoms with Crippen molar-refractivity contribution in [2.45, 2.75) is 12.5 Å². The van der Waals surface area contributed by atoms with Gasteiger partial charge in [0.15, 0.2) is 0 Å². The largest absolute Gasteiger partial charge is 0.487 e. The molecule has 1 fully saturated rings.